The molecule has 0 amide bonds. The molecule has 100 valence electrons. The number of phosphoric acid groups is 1. The standard InChI is InChI=1S/C9H17O7P/c1-7(2)9(11)15-5-3-4-8(10)6-16-17(12,13)14/h8,10H,1,3-6H2,2H3,(H2,12,13,14). The van der Waals surface area contributed by atoms with Gasteiger partial charge in [0.15, 0.2) is 0 Å². The zero-order chi connectivity index (χ0) is 13.5. The molecular formula is C9H17O7P. The number of carbonyl (C=O) groups excluding carboxylic acids is 1. The van der Waals surface area contributed by atoms with E-state index >= 15 is 0 Å². The fraction of sp³-hybridized carbons (Fsp3) is 0.667. The Morgan fingerprint density at radius 2 is 2.06 bits per heavy atom. The molecule has 0 rings (SSSR count). The van der Waals surface area contributed by atoms with Crippen LogP contribution in [-0.4, -0.2) is 40.2 Å². The van der Waals surface area contributed by atoms with Crippen molar-refractivity contribution in [2.45, 2.75) is 25.9 Å². The first-order valence-electron chi connectivity index (χ1n) is 4.93. The van der Waals surface area contributed by atoms with Crippen molar-refractivity contribution in [1.29, 1.82) is 0 Å². The first kappa shape index (κ1) is 16.3. The molecule has 0 saturated carbocycles. The van der Waals surface area contributed by atoms with E-state index < -0.39 is 26.5 Å². The second-order valence-corrected chi connectivity index (χ2v) is 4.74. The van der Waals surface area contributed by atoms with Crippen molar-refractivity contribution in [3.8, 4) is 0 Å². The maximum absolute atomic E-state index is 10.9. The smallest absolute Gasteiger partial charge is 0.462 e. The van der Waals surface area contributed by atoms with E-state index in [4.69, 9.17) is 14.5 Å². The molecule has 3 N–H and O–H groups in total. The molecule has 0 aliphatic heterocycles. The fourth-order valence-corrected chi connectivity index (χ4v) is 1.24. The average Bonchev–Trinajstić information content (AvgIpc) is 2.20. The molecule has 1 unspecified atom stereocenters. The Kier molecular flexibility index (Phi) is 7.26. The summed E-state index contributed by atoms with van der Waals surface area (Å²) in [5.41, 5.74) is 0.287. The van der Waals surface area contributed by atoms with Crippen LogP contribution in [0.4, 0.5) is 0 Å². The van der Waals surface area contributed by atoms with Gasteiger partial charge in [0, 0.05) is 5.57 Å². The topological polar surface area (TPSA) is 113 Å². The molecular weight excluding hydrogens is 251 g/mol. The summed E-state index contributed by atoms with van der Waals surface area (Å²) < 4.78 is 19.2. The highest BCUT2D eigenvalue weighted by atomic mass is 31.2. The summed E-state index contributed by atoms with van der Waals surface area (Å²) >= 11 is 0. The summed E-state index contributed by atoms with van der Waals surface area (Å²) in [4.78, 5) is 27.7. The lowest BCUT2D eigenvalue weighted by atomic mass is 10.2. The number of hydrogen-bond donors (Lipinski definition) is 3. The highest BCUT2D eigenvalue weighted by molar-refractivity contribution is 7.46. The van der Waals surface area contributed by atoms with E-state index in [0.29, 0.717) is 6.42 Å². The molecule has 7 nitrogen and oxygen atoms in total. The third-order valence-corrected chi connectivity index (χ3v) is 2.18. The maximum Gasteiger partial charge on any atom is 0.469 e. The first-order valence-corrected chi connectivity index (χ1v) is 6.46. The van der Waals surface area contributed by atoms with E-state index in [1.165, 1.54) is 6.92 Å². The monoisotopic (exact) mass is 268 g/mol. The summed E-state index contributed by atoms with van der Waals surface area (Å²) in [5, 5.41) is 9.26. The van der Waals surface area contributed by atoms with E-state index in [1.807, 2.05) is 0 Å². The predicted octanol–water partition coefficient (Wildman–Crippen LogP) is 0.356. The second-order valence-electron chi connectivity index (χ2n) is 3.50. The number of phosphoric ester groups is 1. The van der Waals surface area contributed by atoms with Crippen LogP contribution >= 0.6 is 7.82 Å². The largest absolute Gasteiger partial charge is 0.469 e. The van der Waals surface area contributed by atoms with Gasteiger partial charge in [-0.3, -0.25) is 4.52 Å². The Bertz CT molecular complexity index is 308. The van der Waals surface area contributed by atoms with Gasteiger partial charge >= 0.3 is 13.8 Å². The van der Waals surface area contributed by atoms with Crippen molar-refractivity contribution in [2.24, 2.45) is 0 Å². The lowest BCUT2D eigenvalue weighted by Crippen LogP contribution is -2.16. The summed E-state index contributed by atoms with van der Waals surface area (Å²) in [7, 11) is -4.54. The van der Waals surface area contributed by atoms with Gasteiger partial charge in [0.2, 0.25) is 0 Å². The van der Waals surface area contributed by atoms with E-state index in [-0.39, 0.29) is 18.6 Å². The van der Waals surface area contributed by atoms with Crippen molar-refractivity contribution in [1.82, 2.24) is 0 Å². The van der Waals surface area contributed by atoms with Crippen LogP contribution in [0.5, 0.6) is 0 Å². The Hall–Kier alpha value is -0.720. The first-order chi connectivity index (χ1) is 7.72. The molecule has 0 heterocycles. The fourth-order valence-electron chi connectivity index (χ4n) is 0.873. The van der Waals surface area contributed by atoms with Gasteiger partial charge in [0.05, 0.1) is 19.3 Å². The number of hydrogen-bond acceptors (Lipinski definition) is 5. The predicted molar refractivity (Wildman–Crippen MR) is 59.0 cm³/mol. The van der Waals surface area contributed by atoms with Gasteiger partial charge < -0.3 is 19.6 Å². The second kappa shape index (κ2) is 7.58. The van der Waals surface area contributed by atoms with Crippen LogP contribution in [0.15, 0.2) is 12.2 Å². The maximum atomic E-state index is 10.9. The van der Waals surface area contributed by atoms with E-state index in [9.17, 15) is 14.5 Å². The Morgan fingerprint density at radius 1 is 1.47 bits per heavy atom. The van der Waals surface area contributed by atoms with Crippen LogP contribution in [0.3, 0.4) is 0 Å². The number of esters is 1. The molecule has 0 bridgehead atoms. The van der Waals surface area contributed by atoms with Gasteiger partial charge in [0.1, 0.15) is 0 Å². The van der Waals surface area contributed by atoms with Crippen LogP contribution in [0, 0.1) is 0 Å². The van der Waals surface area contributed by atoms with Gasteiger partial charge in [0.25, 0.3) is 0 Å². The van der Waals surface area contributed by atoms with Gasteiger partial charge in [-0.1, -0.05) is 6.58 Å². The Balaban J connectivity index is 3.58. The summed E-state index contributed by atoms with van der Waals surface area (Å²) in [6, 6.07) is 0. The summed E-state index contributed by atoms with van der Waals surface area (Å²) in [6.07, 6.45) is -0.431. The van der Waals surface area contributed by atoms with Crippen LogP contribution in [0.25, 0.3) is 0 Å². The third kappa shape index (κ3) is 10.2. The number of aliphatic hydroxyl groups is 1. The highest BCUT2D eigenvalue weighted by Gasteiger charge is 2.16. The summed E-state index contributed by atoms with van der Waals surface area (Å²) in [6.45, 7) is 4.56. The summed E-state index contributed by atoms with van der Waals surface area (Å²) in [5.74, 6) is -0.508. The quantitative estimate of drug-likeness (QED) is 0.252. The number of rotatable bonds is 8. The SMILES string of the molecule is C=C(C)C(=O)OCCCC(O)COP(=O)(O)O. The minimum atomic E-state index is -4.54. The number of ether oxygens (including phenoxy) is 1. The van der Waals surface area contributed by atoms with E-state index in [2.05, 4.69) is 11.1 Å². The lowest BCUT2D eigenvalue weighted by Gasteiger charge is -2.11. The minimum absolute atomic E-state index is 0.110. The number of carbonyl (C=O) groups is 1. The molecule has 0 saturated heterocycles. The molecule has 1 atom stereocenters. The molecule has 17 heavy (non-hydrogen) atoms. The molecule has 0 aliphatic rings. The van der Waals surface area contributed by atoms with Crippen molar-refractivity contribution in [3.05, 3.63) is 12.2 Å². The molecule has 0 radical (unpaired) electrons. The normalized spacial score (nSPS) is 13.2. The third-order valence-electron chi connectivity index (χ3n) is 1.70. The lowest BCUT2D eigenvalue weighted by molar-refractivity contribution is -0.139. The Morgan fingerprint density at radius 3 is 2.53 bits per heavy atom. The zero-order valence-corrected chi connectivity index (χ0v) is 10.4. The van der Waals surface area contributed by atoms with Crippen LogP contribution in [-0.2, 0) is 18.6 Å². The van der Waals surface area contributed by atoms with Crippen LogP contribution < -0.4 is 0 Å². The van der Waals surface area contributed by atoms with Crippen molar-refractivity contribution in [3.63, 3.8) is 0 Å². The van der Waals surface area contributed by atoms with Crippen molar-refractivity contribution >= 4 is 13.8 Å². The van der Waals surface area contributed by atoms with E-state index in [1.54, 1.807) is 0 Å². The van der Waals surface area contributed by atoms with Crippen LogP contribution in [0.2, 0.25) is 0 Å². The zero-order valence-electron chi connectivity index (χ0n) is 9.53. The van der Waals surface area contributed by atoms with Crippen molar-refractivity contribution < 1.29 is 33.5 Å². The van der Waals surface area contributed by atoms with Gasteiger partial charge in [-0.25, -0.2) is 9.36 Å². The molecule has 8 heteroatoms. The van der Waals surface area contributed by atoms with E-state index in [0.717, 1.165) is 0 Å². The Labute approximate surface area is 99.3 Å². The van der Waals surface area contributed by atoms with Gasteiger partial charge in [-0.2, -0.15) is 0 Å². The molecule has 0 aromatic carbocycles. The molecule has 0 aliphatic carbocycles. The van der Waals surface area contributed by atoms with Gasteiger partial charge in [-0.15, -0.1) is 0 Å². The number of aliphatic hydroxyl groups excluding tert-OH is 1. The minimum Gasteiger partial charge on any atom is -0.462 e. The molecule has 0 spiro atoms. The van der Waals surface area contributed by atoms with Crippen molar-refractivity contribution in [2.75, 3.05) is 13.2 Å². The average molecular weight is 268 g/mol. The highest BCUT2D eigenvalue weighted by Crippen LogP contribution is 2.35. The van der Waals surface area contributed by atoms with Crippen LogP contribution in [0.1, 0.15) is 19.8 Å². The van der Waals surface area contributed by atoms with Gasteiger partial charge in [-0.05, 0) is 19.8 Å². The molecule has 0 aromatic rings. The molecule has 0 aromatic heterocycles. The molecule has 0 fully saturated rings.